The van der Waals surface area contributed by atoms with Crippen molar-refractivity contribution in [2.75, 3.05) is 17.7 Å². The monoisotopic (exact) mass is 497 g/mol. The SMILES string of the molecule is O=C(CSc1nc2cc(Cl)ccc2c(=O)n1CC1CCCO1)Nc1cc(Cl)ccc1Cl. The van der Waals surface area contributed by atoms with Crippen molar-refractivity contribution in [3.05, 3.63) is 61.8 Å². The number of carbonyl (C=O) groups is 1. The number of ether oxygens (including phenoxy) is 1. The third-order valence-electron chi connectivity index (χ3n) is 4.83. The number of benzene rings is 2. The highest BCUT2D eigenvalue weighted by molar-refractivity contribution is 7.99. The zero-order chi connectivity index (χ0) is 22.0. The maximum Gasteiger partial charge on any atom is 0.262 e. The van der Waals surface area contributed by atoms with E-state index in [1.165, 1.54) is 11.8 Å². The van der Waals surface area contributed by atoms with Gasteiger partial charge < -0.3 is 10.1 Å². The highest BCUT2D eigenvalue weighted by Gasteiger charge is 2.21. The maximum absolute atomic E-state index is 13.1. The smallest absolute Gasteiger partial charge is 0.262 e. The Morgan fingerprint density at radius 3 is 2.74 bits per heavy atom. The Kier molecular flexibility index (Phi) is 7.08. The van der Waals surface area contributed by atoms with Gasteiger partial charge >= 0.3 is 0 Å². The summed E-state index contributed by atoms with van der Waals surface area (Å²) in [6.07, 6.45) is 1.78. The molecule has 10 heteroatoms. The third-order valence-corrected chi connectivity index (χ3v) is 6.60. The van der Waals surface area contributed by atoms with Crippen LogP contribution < -0.4 is 10.9 Å². The topological polar surface area (TPSA) is 73.2 Å². The van der Waals surface area contributed by atoms with Crippen molar-refractivity contribution in [1.29, 1.82) is 0 Å². The second kappa shape index (κ2) is 9.79. The number of hydrogen-bond donors (Lipinski definition) is 1. The van der Waals surface area contributed by atoms with E-state index in [2.05, 4.69) is 10.3 Å². The molecule has 3 aromatic rings. The number of amides is 1. The maximum atomic E-state index is 13.1. The molecular weight excluding hydrogens is 481 g/mol. The van der Waals surface area contributed by atoms with E-state index in [0.29, 0.717) is 50.0 Å². The number of anilines is 1. The molecule has 2 heterocycles. The van der Waals surface area contributed by atoms with Crippen molar-refractivity contribution in [2.45, 2.75) is 30.6 Å². The molecule has 31 heavy (non-hydrogen) atoms. The predicted octanol–water partition coefficient (Wildman–Crippen LogP) is 5.27. The molecule has 0 aliphatic carbocycles. The molecule has 1 N–H and O–H groups in total. The third kappa shape index (κ3) is 5.35. The van der Waals surface area contributed by atoms with Crippen LogP contribution in [-0.4, -0.2) is 33.9 Å². The lowest BCUT2D eigenvalue weighted by Gasteiger charge is -2.16. The number of thioether (sulfide) groups is 1. The van der Waals surface area contributed by atoms with Gasteiger partial charge in [0, 0.05) is 16.7 Å². The molecule has 0 radical (unpaired) electrons. The lowest BCUT2D eigenvalue weighted by Crippen LogP contribution is -2.29. The molecule has 1 aliphatic heterocycles. The van der Waals surface area contributed by atoms with E-state index >= 15 is 0 Å². The van der Waals surface area contributed by atoms with Crippen LogP contribution in [0.4, 0.5) is 5.69 Å². The average molecular weight is 499 g/mol. The lowest BCUT2D eigenvalue weighted by atomic mass is 10.2. The predicted molar refractivity (Wildman–Crippen MR) is 126 cm³/mol. The van der Waals surface area contributed by atoms with Crippen LogP contribution in [0.5, 0.6) is 0 Å². The Morgan fingerprint density at radius 2 is 1.97 bits per heavy atom. The molecule has 1 amide bonds. The van der Waals surface area contributed by atoms with E-state index in [0.717, 1.165) is 12.8 Å². The summed E-state index contributed by atoms with van der Waals surface area (Å²) in [6.45, 7) is 1.07. The van der Waals surface area contributed by atoms with Gasteiger partial charge in [-0.05, 0) is 49.2 Å². The Bertz CT molecular complexity index is 1200. The van der Waals surface area contributed by atoms with Crippen molar-refractivity contribution in [3.63, 3.8) is 0 Å². The Morgan fingerprint density at radius 1 is 1.19 bits per heavy atom. The first-order valence-electron chi connectivity index (χ1n) is 9.60. The molecule has 1 unspecified atom stereocenters. The normalized spacial score (nSPS) is 16.0. The van der Waals surface area contributed by atoms with Gasteiger partial charge in [0.05, 0.1) is 40.0 Å². The average Bonchev–Trinajstić information content (AvgIpc) is 3.24. The molecule has 1 atom stereocenters. The van der Waals surface area contributed by atoms with Crippen molar-refractivity contribution < 1.29 is 9.53 Å². The van der Waals surface area contributed by atoms with Crippen LogP contribution in [0.15, 0.2) is 46.3 Å². The summed E-state index contributed by atoms with van der Waals surface area (Å²) >= 11 is 19.3. The molecule has 1 aliphatic rings. The number of hydrogen-bond acceptors (Lipinski definition) is 5. The molecule has 0 bridgehead atoms. The fourth-order valence-corrected chi connectivity index (χ4v) is 4.66. The highest BCUT2D eigenvalue weighted by atomic mass is 35.5. The summed E-state index contributed by atoms with van der Waals surface area (Å²) in [5, 5.41) is 4.98. The van der Waals surface area contributed by atoms with Crippen LogP contribution in [0, 0.1) is 0 Å². The second-order valence-electron chi connectivity index (χ2n) is 7.07. The van der Waals surface area contributed by atoms with E-state index in [9.17, 15) is 9.59 Å². The van der Waals surface area contributed by atoms with E-state index in [1.54, 1.807) is 41.0 Å². The van der Waals surface area contributed by atoms with Gasteiger partial charge in [0.25, 0.3) is 5.56 Å². The first kappa shape index (κ1) is 22.4. The fourth-order valence-electron chi connectivity index (χ4n) is 3.35. The van der Waals surface area contributed by atoms with Gasteiger partial charge in [-0.1, -0.05) is 46.6 Å². The van der Waals surface area contributed by atoms with E-state index in [-0.39, 0.29) is 23.3 Å². The van der Waals surface area contributed by atoms with Crippen LogP contribution in [0.3, 0.4) is 0 Å². The van der Waals surface area contributed by atoms with Crippen LogP contribution in [0.1, 0.15) is 12.8 Å². The number of fused-ring (bicyclic) bond motifs is 1. The minimum atomic E-state index is -0.293. The van der Waals surface area contributed by atoms with Crippen molar-refractivity contribution in [3.8, 4) is 0 Å². The molecule has 0 spiro atoms. The Hall–Kier alpha value is -1.77. The highest BCUT2D eigenvalue weighted by Crippen LogP contribution is 2.27. The first-order chi connectivity index (χ1) is 14.9. The van der Waals surface area contributed by atoms with E-state index in [1.807, 2.05) is 0 Å². The lowest BCUT2D eigenvalue weighted by molar-refractivity contribution is -0.113. The Balaban J connectivity index is 1.59. The summed E-state index contributed by atoms with van der Waals surface area (Å²) in [4.78, 5) is 30.3. The van der Waals surface area contributed by atoms with E-state index in [4.69, 9.17) is 39.5 Å². The van der Waals surface area contributed by atoms with Crippen LogP contribution in [-0.2, 0) is 16.1 Å². The fraction of sp³-hybridized carbons (Fsp3) is 0.286. The minimum Gasteiger partial charge on any atom is -0.376 e. The summed E-state index contributed by atoms with van der Waals surface area (Å²) < 4.78 is 7.28. The number of aromatic nitrogens is 2. The number of halogens is 3. The summed E-state index contributed by atoms with van der Waals surface area (Å²) in [7, 11) is 0. The molecule has 1 fully saturated rings. The first-order valence-corrected chi connectivity index (χ1v) is 11.7. The minimum absolute atomic E-state index is 0.0346. The summed E-state index contributed by atoms with van der Waals surface area (Å²) in [5.41, 5.74) is 0.731. The Labute approximate surface area is 197 Å². The van der Waals surface area contributed by atoms with Gasteiger partial charge in [0.2, 0.25) is 5.91 Å². The van der Waals surface area contributed by atoms with Gasteiger partial charge in [-0.3, -0.25) is 14.2 Å². The standard InChI is InChI=1S/C21H18Cl3N3O3S/c22-12-3-5-15-17(8-12)26-21(27(20(15)29)10-14-2-1-7-30-14)31-11-19(28)25-18-9-13(23)4-6-16(18)24/h3-6,8-9,14H,1-2,7,10-11H2,(H,25,28). The summed E-state index contributed by atoms with van der Waals surface area (Å²) in [5.74, 6) is -0.259. The number of rotatable bonds is 6. The number of nitrogens with one attached hydrogen (secondary N) is 1. The molecule has 1 saturated heterocycles. The largest absolute Gasteiger partial charge is 0.376 e. The second-order valence-corrected chi connectivity index (χ2v) is 9.29. The number of carbonyl (C=O) groups excluding carboxylic acids is 1. The zero-order valence-corrected chi connectivity index (χ0v) is 19.3. The van der Waals surface area contributed by atoms with Gasteiger partial charge in [-0.25, -0.2) is 4.98 Å². The molecule has 1 aromatic heterocycles. The molecule has 4 rings (SSSR count). The molecule has 162 valence electrons. The molecule has 6 nitrogen and oxygen atoms in total. The van der Waals surface area contributed by atoms with Gasteiger partial charge in [0.1, 0.15) is 0 Å². The molecule has 2 aromatic carbocycles. The zero-order valence-electron chi connectivity index (χ0n) is 16.2. The quantitative estimate of drug-likeness (QED) is 0.370. The van der Waals surface area contributed by atoms with Gasteiger partial charge in [-0.2, -0.15) is 0 Å². The van der Waals surface area contributed by atoms with Crippen molar-refractivity contribution in [1.82, 2.24) is 9.55 Å². The molecular formula is C21H18Cl3N3O3S. The van der Waals surface area contributed by atoms with Crippen molar-refractivity contribution in [2.24, 2.45) is 0 Å². The van der Waals surface area contributed by atoms with Gasteiger partial charge in [-0.15, -0.1) is 0 Å². The van der Waals surface area contributed by atoms with Crippen LogP contribution >= 0.6 is 46.6 Å². The summed E-state index contributed by atoms with van der Waals surface area (Å²) in [6, 6.07) is 9.81. The van der Waals surface area contributed by atoms with Crippen LogP contribution in [0.2, 0.25) is 15.1 Å². The van der Waals surface area contributed by atoms with Crippen molar-refractivity contribution >= 4 is 69.1 Å². The van der Waals surface area contributed by atoms with E-state index < -0.39 is 0 Å². The number of nitrogens with zero attached hydrogens (tertiary/aromatic N) is 2. The van der Waals surface area contributed by atoms with Gasteiger partial charge in [0.15, 0.2) is 5.16 Å². The molecule has 0 saturated carbocycles. The van der Waals surface area contributed by atoms with Crippen LogP contribution in [0.25, 0.3) is 10.9 Å².